The standard InChI is InChI=1S/C11H17NO3/c1-13-8-11(14-2)10-5-3-4-9(6-10)7-15-12/h3-6,11H,7-8,12H2,1-2H3. The van der Waals surface area contributed by atoms with Crippen molar-refractivity contribution < 1.29 is 14.3 Å². The molecule has 0 saturated carbocycles. The van der Waals surface area contributed by atoms with Crippen molar-refractivity contribution in [2.45, 2.75) is 12.7 Å². The van der Waals surface area contributed by atoms with Gasteiger partial charge >= 0.3 is 0 Å². The molecule has 1 aromatic carbocycles. The van der Waals surface area contributed by atoms with Crippen LogP contribution in [0.2, 0.25) is 0 Å². The third-order valence-electron chi connectivity index (χ3n) is 2.18. The molecule has 0 aliphatic carbocycles. The molecule has 0 fully saturated rings. The van der Waals surface area contributed by atoms with Crippen LogP contribution in [0.3, 0.4) is 0 Å². The van der Waals surface area contributed by atoms with E-state index < -0.39 is 0 Å². The number of methoxy groups -OCH3 is 2. The monoisotopic (exact) mass is 211 g/mol. The van der Waals surface area contributed by atoms with Crippen molar-refractivity contribution in [1.29, 1.82) is 0 Å². The van der Waals surface area contributed by atoms with Crippen molar-refractivity contribution in [3.8, 4) is 0 Å². The van der Waals surface area contributed by atoms with Crippen LogP contribution in [-0.4, -0.2) is 20.8 Å². The second-order valence-electron chi connectivity index (χ2n) is 3.24. The van der Waals surface area contributed by atoms with Gasteiger partial charge in [0.25, 0.3) is 0 Å². The average Bonchev–Trinajstić information content (AvgIpc) is 2.27. The van der Waals surface area contributed by atoms with E-state index >= 15 is 0 Å². The van der Waals surface area contributed by atoms with Crippen LogP contribution in [0.4, 0.5) is 0 Å². The van der Waals surface area contributed by atoms with E-state index in [9.17, 15) is 0 Å². The van der Waals surface area contributed by atoms with Crippen molar-refractivity contribution in [2.24, 2.45) is 5.90 Å². The van der Waals surface area contributed by atoms with E-state index in [4.69, 9.17) is 15.4 Å². The molecule has 0 amide bonds. The van der Waals surface area contributed by atoms with Gasteiger partial charge in [0.15, 0.2) is 0 Å². The zero-order valence-electron chi connectivity index (χ0n) is 9.10. The highest BCUT2D eigenvalue weighted by molar-refractivity contribution is 5.25. The second-order valence-corrected chi connectivity index (χ2v) is 3.24. The van der Waals surface area contributed by atoms with Crippen LogP contribution in [0.5, 0.6) is 0 Å². The Hall–Kier alpha value is -0.940. The van der Waals surface area contributed by atoms with Crippen molar-refractivity contribution in [2.75, 3.05) is 20.8 Å². The molecule has 0 heterocycles. The fourth-order valence-corrected chi connectivity index (χ4v) is 1.43. The van der Waals surface area contributed by atoms with Crippen LogP contribution in [0.1, 0.15) is 17.2 Å². The van der Waals surface area contributed by atoms with Gasteiger partial charge in [0.2, 0.25) is 0 Å². The summed E-state index contributed by atoms with van der Waals surface area (Å²) < 4.78 is 10.4. The van der Waals surface area contributed by atoms with E-state index in [-0.39, 0.29) is 6.10 Å². The topological polar surface area (TPSA) is 53.7 Å². The normalized spacial score (nSPS) is 12.7. The second kappa shape index (κ2) is 6.53. The van der Waals surface area contributed by atoms with Gasteiger partial charge in [-0.25, -0.2) is 5.90 Å². The summed E-state index contributed by atoms with van der Waals surface area (Å²) in [5.74, 6) is 5.02. The van der Waals surface area contributed by atoms with E-state index in [0.717, 1.165) is 11.1 Å². The van der Waals surface area contributed by atoms with Crippen molar-refractivity contribution in [3.05, 3.63) is 35.4 Å². The third-order valence-corrected chi connectivity index (χ3v) is 2.18. The summed E-state index contributed by atoms with van der Waals surface area (Å²) in [5, 5.41) is 0. The van der Waals surface area contributed by atoms with Crippen LogP contribution in [0.25, 0.3) is 0 Å². The van der Waals surface area contributed by atoms with Crippen LogP contribution < -0.4 is 5.90 Å². The Morgan fingerprint density at radius 1 is 1.33 bits per heavy atom. The van der Waals surface area contributed by atoms with E-state index in [1.807, 2.05) is 24.3 Å². The molecule has 84 valence electrons. The fourth-order valence-electron chi connectivity index (χ4n) is 1.43. The minimum Gasteiger partial charge on any atom is -0.382 e. The first-order valence-electron chi connectivity index (χ1n) is 4.74. The largest absolute Gasteiger partial charge is 0.382 e. The molecule has 1 rings (SSSR count). The lowest BCUT2D eigenvalue weighted by atomic mass is 10.1. The summed E-state index contributed by atoms with van der Waals surface area (Å²) in [4.78, 5) is 4.58. The first-order chi connectivity index (χ1) is 7.31. The molecule has 4 heteroatoms. The lowest BCUT2D eigenvalue weighted by molar-refractivity contribution is 0.0273. The highest BCUT2D eigenvalue weighted by Gasteiger charge is 2.10. The first-order valence-corrected chi connectivity index (χ1v) is 4.74. The Morgan fingerprint density at radius 3 is 2.73 bits per heavy atom. The van der Waals surface area contributed by atoms with Gasteiger partial charge in [0.05, 0.1) is 13.2 Å². The molecule has 4 nitrogen and oxygen atoms in total. The smallest absolute Gasteiger partial charge is 0.105 e. The number of hydrogen-bond donors (Lipinski definition) is 1. The Kier molecular flexibility index (Phi) is 5.28. The maximum Gasteiger partial charge on any atom is 0.105 e. The van der Waals surface area contributed by atoms with E-state index in [0.29, 0.717) is 13.2 Å². The minimum atomic E-state index is -0.0484. The van der Waals surface area contributed by atoms with Crippen LogP contribution in [0, 0.1) is 0 Å². The zero-order valence-corrected chi connectivity index (χ0v) is 9.10. The molecule has 1 unspecified atom stereocenters. The number of nitrogens with two attached hydrogens (primary N) is 1. The van der Waals surface area contributed by atoms with E-state index in [1.165, 1.54) is 0 Å². The molecule has 0 radical (unpaired) electrons. The SMILES string of the molecule is COCC(OC)c1cccc(CON)c1. The molecule has 0 bridgehead atoms. The number of benzene rings is 1. The maximum absolute atomic E-state index is 5.31. The molecule has 0 aliphatic heterocycles. The maximum atomic E-state index is 5.31. The predicted molar refractivity (Wildman–Crippen MR) is 57.0 cm³/mol. The van der Waals surface area contributed by atoms with Crippen LogP contribution >= 0.6 is 0 Å². The van der Waals surface area contributed by atoms with E-state index in [2.05, 4.69) is 4.84 Å². The average molecular weight is 211 g/mol. The molecular formula is C11H17NO3. The quantitative estimate of drug-likeness (QED) is 0.723. The summed E-state index contributed by atoms with van der Waals surface area (Å²) >= 11 is 0. The Balaban J connectivity index is 2.77. The van der Waals surface area contributed by atoms with Crippen molar-refractivity contribution in [3.63, 3.8) is 0 Å². The van der Waals surface area contributed by atoms with Gasteiger partial charge in [-0.05, 0) is 11.1 Å². The Labute approximate surface area is 89.9 Å². The van der Waals surface area contributed by atoms with Crippen molar-refractivity contribution in [1.82, 2.24) is 0 Å². The van der Waals surface area contributed by atoms with Gasteiger partial charge in [0.1, 0.15) is 6.10 Å². The fraction of sp³-hybridized carbons (Fsp3) is 0.455. The summed E-state index contributed by atoms with van der Waals surface area (Å²) in [6.07, 6.45) is -0.0484. The van der Waals surface area contributed by atoms with Gasteiger partial charge in [-0.15, -0.1) is 0 Å². The lowest BCUT2D eigenvalue weighted by Crippen LogP contribution is -2.09. The predicted octanol–water partition coefficient (Wildman–Crippen LogP) is 1.41. The van der Waals surface area contributed by atoms with Crippen molar-refractivity contribution >= 4 is 0 Å². The Morgan fingerprint density at radius 2 is 2.13 bits per heavy atom. The van der Waals surface area contributed by atoms with Gasteiger partial charge < -0.3 is 9.47 Å². The summed E-state index contributed by atoms with van der Waals surface area (Å²) in [7, 11) is 3.31. The van der Waals surface area contributed by atoms with Gasteiger partial charge in [-0.3, -0.25) is 4.84 Å². The first kappa shape index (κ1) is 12.1. The highest BCUT2D eigenvalue weighted by atomic mass is 16.6. The summed E-state index contributed by atoms with van der Waals surface area (Å²) in [5.41, 5.74) is 2.09. The minimum absolute atomic E-state index is 0.0484. The summed E-state index contributed by atoms with van der Waals surface area (Å²) in [6, 6.07) is 7.90. The molecular weight excluding hydrogens is 194 g/mol. The van der Waals surface area contributed by atoms with Crippen LogP contribution in [0.15, 0.2) is 24.3 Å². The number of hydrogen-bond acceptors (Lipinski definition) is 4. The number of ether oxygens (including phenoxy) is 2. The Bertz CT molecular complexity index is 291. The molecule has 1 atom stereocenters. The van der Waals surface area contributed by atoms with Gasteiger partial charge in [0, 0.05) is 14.2 Å². The third kappa shape index (κ3) is 3.60. The summed E-state index contributed by atoms with van der Waals surface area (Å²) in [6.45, 7) is 0.931. The molecule has 15 heavy (non-hydrogen) atoms. The van der Waals surface area contributed by atoms with Crippen LogP contribution in [-0.2, 0) is 20.9 Å². The molecule has 0 spiro atoms. The lowest BCUT2D eigenvalue weighted by Gasteiger charge is -2.15. The highest BCUT2D eigenvalue weighted by Crippen LogP contribution is 2.18. The molecule has 0 aromatic heterocycles. The number of rotatable bonds is 6. The molecule has 0 saturated heterocycles. The zero-order chi connectivity index (χ0) is 11.1. The molecule has 1 aromatic rings. The molecule has 2 N–H and O–H groups in total. The molecule has 0 aliphatic rings. The van der Waals surface area contributed by atoms with Gasteiger partial charge in [-0.2, -0.15) is 0 Å². The van der Waals surface area contributed by atoms with E-state index in [1.54, 1.807) is 14.2 Å². The van der Waals surface area contributed by atoms with Gasteiger partial charge in [-0.1, -0.05) is 24.3 Å².